The third-order valence-electron chi connectivity index (χ3n) is 3.48. The van der Waals surface area contributed by atoms with Gasteiger partial charge in [0.05, 0.1) is 13.2 Å². The molecule has 0 aromatic carbocycles. The summed E-state index contributed by atoms with van der Waals surface area (Å²) in [5, 5.41) is 0. The summed E-state index contributed by atoms with van der Waals surface area (Å²) < 4.78 is 5.19. The molecule has 0 radical (unpaired) electrons. The Bertz CT molecular complexity index is 132. The first kappa shape index (κ1) is 7.60. The van der Waals surface area contributed by atoms with Crippen molar-refractivity contribution in [2.75, 3.05) is 13.2 Å². The van der Waals surface area contributed by atoms with E-state index in [4.69, 9.17) is 4.74 Å². The van der Waals surface area contributed by atoms with Gasteiger partial charge < -0.3 is 4.74 Å². The average molecular weight is 154 g/mol. The number of rotatable bonds is 2. The molecule has 0 atom stereocenters. The summed E-state index contributed by atoms with van der Waals surface area (Å²) in [5.74, 6) is 3.90. The molecule has 0 aromatic rings. The molecule has 2 rings (SSSR count). The first-order valence-corrected chi connectivity index (χ1v) is 4.85. The summed E-state index contributed by atoms with van der Waals surface area (Å²) in [6.45, 7) is 6.79. The second-order valence-electron chi connectivity index (χ2n) is 4.53. The highest BCUT2D eigenvalue weighted by Gasteiger charge is 2.39. The van der Waals surface area contributed by atoms with Gasteiger partial charge in [0.2, 0.25) is 0 Å². The molecule has 0 N–H and O–H groups in total. The molecule has 0 spiro atoms. The topological polar surface area (TPSA) is 9.23 Å². The Balaban J connectivity index is 1.70. The first-order chi connectivity index (χ1) is 5.27. The van der Waals surface area contributed by atoms with Crippen molar-refractivity contribution >= 4 is 0 Å². The Hall–Kier alpha value is -0.0400. The van der Waals surface area contributed by atoms with E-state index in [0.29, 0.717) is 0 Å². The van der Waals surface area contributed by atoms with Crippen LogP contribution in [0.1, 0.15) is 26.7 Å². The maximum absolute atomic E-state index is 5.19. The lowest BCUT2D eigenvalue weighted by Crippen LogP contribution is -2.42. The summed E-state index contributed by atoms with van der Waals surface area (Å²) in [7, 11) is 0. The van der Waals surface area contributed by atoms with Crippen molar-refractivity contribution in [3.05, 3.63) is 0 Å². The van der Waals surface area contributed by atoms with Gasteiger partial charge >= 0.3 is 0 Å². The first-order valence-electron chi connectivity index (χ1n) is 4.85. The van der Waals surface area contributed by atoms with Gasteiger partial charge in [0.25, 0.3) is 0 Å². The lowest BCUT2D eigenvalue weighted by Gasteiger charge is -2.45. The summed E-state index contributed by atoms with van der Waals surface area (Å²) in [6.07, 6.45) is 2.96. The van der Waals surface area contributed by atoms with Crippen LogP contribution in [0, 0.1) is 23.7 Å². The summed E-state index contributed by atoms with van der Waals surface area (Å²) in [4.78, 5) is 0. The van der Waals surface area contributed by atoms with Gasteiger partial charge in [-0.3, -0.25) is 0 Å². The van der Waals surface area contributed by atoms with E-state index in [1.54, 1.807) is 0 Å². The van der Waals surface area contributed by atoms with Crippen molar-refractivity contribution in [3.8, 4) is 0 Å². The molecule has 1 saturated carbocycles. The Morgan fingerprint density at radius 1 is 1.09 bits per heavy atom. The van der Waals surface area contributed by atoms with Crippen LogP contribution < -0.4 is 0 Å². The van der Waals surface area contributed by atoms with Gasteiger partial charge in [-0.2, -0.15) is 0 Å². The van der Waals surface area contributed by atoms with Gasteiger partial charge in [-0.15, -0.1) is 0 Å². The smallest absolute Gasteiger partial charge is 0.0519 e. The van der Waals surface area contributed by atoms with Crippen LogP contribution in [0.2, 0.25) is 0 Å². The van der Waals surface area contributed by atoms with E-state index >= 15 is 0 Å². The molecule has 0 aromatic heterocycles. The van der Waals surface area contributed by atoms with Crippen molar-refractivity contribution in [2.45, 2.75) is 26.7 Å². The van der Waals surface area contributed by atoms with Crippen LogP contribution >= 0.6 is 0 Å². The van der Waals surface area contributed by atoms with E-state index in [-0.39, 0.29) is 0 Å². The van der Waals surface area contributed by atoms with Crippen molar-refractivity contribution in [1.29, 1.82) is 0 Å². The zero-order chi connectivity index (χ0) is 7.84. The van der Waals surface area contributed by atoms with E-state index in [1.165, 1.54) is 12.8 Å². The van der Waals surface area contributed by atoms with Crippen molar-refractivity contribution in [3.63, 3.8) is 0 Å². The molecular formula is C10H18O. The molecule has 64 valence electrons. The lowest BCUT2D eigenvalue weighted by atomic mass is 9.64. The largest absolute Gasteiger partial charge is 0.381 e. The number of ether oxygens (including phenoxy) is 1. The van der Waals surface area contributed by atoms with E-state index in [0.717, 1.165) is 36.9 Å². The summed E-state index contributed by atoms with van der Waals surface area (Å²) in [6, 6.07) is 0. The van der Waals surface area contributed by atoms with Crippen LogP contribution in [0.3, 0.4) is 0 Å². The highest BCUT2D eigenvalue weighted by atomic mass is 16.5. The summed E-state index contributed by atoms with van der Waals surface area (Å²) >= 11 is 0. The van der Waals surface area contributed by atoms with Crippen LogP contribution in [0.4, 0.5) is 0 Å². The fraction of sp³-hybridized carbons (Fsp3) is 1.00. The SMILES string of the molecule is CC(C)C1CC(C2COC2)C1. The Morgan fingerprint density at radius 3 is 2.09 bits per heavy atom. The van der Waals surface area contributed by atoms with Gasteiger partial charge in [-0.05, 0) is 30.6 Å². The summed E-state index contributed by atoms with van der Waals surface area (Å²) in [5.41, 5.74) is 0. The van der Waals surface area contributed by atoms with Crippen LogP contribution in [0.25, 0.3) is 0 Å². The average Bonchev–Trinajstić information content (AvgIpc) is 1.70. The molecule has 0 bridgehead atoms. The molecule has 1 heteroatoms. The van der Waals surface area contributed by atoms with Crippen molar-refractivity contribution in [2.24, 2.45) is 23.7 Å². The predicted molar refractivity (Wildman–Crippen MR) is 45.4 cm³/mol. The Labute approximate surface area is 69.1 Å². The Kier molecular flexibility index (Phi) is 1.92. The van der Waals surface area contributed by atoms with E-state index in [1.807, 2.05) is 0 Å². The van der Waals surface area contributed by atoms with E-state index < -0.39 is 0 Å². The molecule has 1 saturated heterocycles. The van der Waals surface area contributed by atoms with Crippen LogP contribution in [0.15, 0.2) is 0 Å². The van der Waals surface area contributed by atoms with Gasteiger partial charge in [0, 0.05) is 5.92 Å². The quantitative estimate of drug-likeness (QED) is 0.593. The molecule has 1 heterocycles. The number of hydrogen-bond acceptors (Lipinski definition) is 1. The van der Waals surface area contributed by atoms with Gasteiger partial charge in [0.1, 0.15) is 0 Å². The van der Waals surface area contributed by atoms with E-state index in [9.17, 15) is 0 Å². The molecule has 1 aliphatic carbocycles. The molecule has 1 nitrogen and oxygen atoms in total. The number of hydrogen-bond donors (Lipinski definition) is 0. The van der Waals surface area contributed by atoms with Crippen LogP contribution in [0.5, 0.6) is 0 Å². The fourth-order valence-corrected chi connectivity index (χ4v) is 2.16. The minimum absolute atomic E-state index is 0.909. The molecule has 2 fully saturated rings. The highest BCUT2D eigenvalue weighted by molar-refractivity contribution is 4.88. The maximum atomic E-state index is 5.19. The second kappa shape index (κ2) is 2.78. The standard InChI is InChI=1S/C10H18O/c1-7(2)8-3-9(4-8)10-5-11-6-10/h7-10H,3-6H2,1-2H3. The third kappa shape index (κ3) is 1.31. The van der Waals surface area contributed by atoms with Gasteiger partial charge in [-0.25, -0.2) is 0 Å². The second-order valence-corrected chi connectivity index (χ2v) is 4.53. The molecule has 1 aliphatic heterocycles. The third-order valence-corrected chi connectivity index (χ3v) is 3.48. The highest BCUT2D eigenvalue weighted by Crippen LogP contribution is 2.44. The molecule has 0 amide bonds. The minimum Gasteiger partial charge on any atom is -0.381 e. The Morgan fingerprint density at radius 2 is 1.73 bits per heavy atom. The van der Waals surface area contributed by atoms with Gasteiger partial charge in [0.15, 0.2) is 0 Å². The molecule has 0 unspecified atom stereocenters. The van der Waals surface area contributed by atoms with E-state index in [2.05, 4.69) is 13.8 Å². The van der Waals surface area contributed by atoms with Gasteiger partial charge in [-0.1, -0.05) is 13.8 Å². The normalized spacial score (nSPS) is 38.5. The zero-order valence-corrected chi connectivity index (χ0v) is 7.55. The molecule has 2 aliphatic rings. The monoisotopic (exact) mass is 154 g/mol. The van der Waals surface area contributed by atoms with Crippen molar-refractivity contribution in [1.82, 2.24) is 0 Å². The fourth-order valence-electron chi connectivity index (χ4n) is 2.16. The maximum Gasteiger partial charge on any atom is 0.0519 e. The lowest BCUT2D eigenvalue weighted by molar-refractivity contribution is -0.0938. The van der Waals surface area contributed by atoms with Crippen LogP contribution in [-0.4, -0.2) is 13.2 Å². The predicted octanol–water partition coefficient (Wildman–Crippen LogP) is 2.32. The van der Waals surface area contributed by atoms with Crippen LogP contribution in [-0.2, 0) is 4.74 Å². The minimum atomic E-state index is 0.909. The zero-order valence-electron chi connectivity index (χ0n) is 7.55. The molecule has 11 heavy (non-hydrogen) atoms. The molecular weight excluding hydrogens is 136 g/mol. The van der Waals surface area contributed by atoms with Crippen molar-refractivity contribution < 1.29 is 4.74 Å².